The molecule has 3 rings (SSSR count). The molecule has 9 heteroatoms. The summed E-state index contributed by atoms with van der Waals surface area (Å²) in [5.74, 6) is -0.907. The molecule has 3 aromatic rings. The van der Waals surface area contributed by atoms with E-state index in [0.717, 1.165) is 6.20 Å². The zero-order valence-electron chi connectivity index (χ0n) is 13.4. The minimum Gasteiger partial charge on any atom is -0.329 e. The number of nitrogens with zero attached hydrogens (tertiary/aromatic N) is 2. The Hall–Kier alpha value is -3.33. The van der Waals surface area contributed by atoms with E-state index in [-0.39, 0.29) is 22.8 Å². The van der Waals surface area contributed by atoms with Gasteiger partial charge < -0.3 is 5.32 Å². The molecule has 26 heavy (non-hydrogen) atoms. The van der Waals surface area contributed by atoms with Gasteiger partial charge >= 0.3 is 0 Å². The van der Waals surface area contributed by atoms with Gasteiger partial charge in [-0.1, -0.05) is 24.3 Å². The third-order valence-corrected chi connectivity index (χ3v) is 3.70. The maximum Gasteiger partial charge on any atom is 0.260 e. The van der Waals surface area contributed by atoms with Crippen molar-refractivity contribution in [1.29, 1.82) is 0 Å². The Bertz CT molecular complexity index is 1040. The molecule has 0 aliphatic heterocycles. The number of fused-ring (bicyclic) bond motifs is 1. The van der Waals surface area contributed by atoms with E-state index in [1.165, 1.54) is 16.8 Å². The summed E-state index contributed by atoms with van der Waals surface area (Å²) in [7, 11) is 0. The molecule has 0 atom stereocenters. The number of para-hydroxylation sites is 2. The summed E-state index contributed by atoms with van der Waals surface area (Å²) in [6, 6.07) is 12.9. The highest BCUT2D eigenvalue weighted by atomic mass is 32.1. The lowest BCUT2D eigenvalue weighted by atomic mass is 10.2. The number of aromatic nitrogens is 2. The third kappa shape index (κ3) is 4.01. The molecule has 1 aromatic heterocycles. The number of carbonyl (C=O) groups excluding carboxylic acids is 1. The summed E-state index contributed by atoms with van der Waals surface area (Å²) in [6.45, 7) is -0.129. The van der Waals surface area contributed by atoms with Crippen molar-refractivity contribution in [1.82, 2.24) is 20.6 Å². The van der Waals surface area contributed by atoms with E-state index in [4.69, 9.17) is 12.2 Å². The molecule has 0 unspecified atom stereocenters. The van der Waals surface area contributed by atoms with Gasteiger partial charge in [0.15, 0.2) is 5.11 Å². The first-order chi connectivity index (χ1) is 12.5. The Morgan fingerprint density at radius 3 is 2.65 bits per heavy atom. The van der Waals surface area contributed by atoms with Gasteiger partial charge in [0.2, 0.25) is 5.43 Å². The monoisotopic (exact) mass is 371 g/mol. The SMILES string of the molecule is O=C(Cn1ncc(=O)c2ccccc21)NNC(=S)Nc1ccccc1F. The van der Waals surface area contributed by atoms with Crippen LogP contribution in [0.5, 0.6) is 0 Å². The van der Waals surface area contributed by atoms with Gasteiger partial charge in [0.1, 0.15) is 12.4 Å². The standard InChI is InChI=1S/C17H14FN5O2S/c18-12-6-2-3-7-13(12)20-17(26)22-21-16(25)10-23-14-8-4-1-5-11(14)15(24)9-19-23/h1-9H,10H2,(H,21,25)(H2,20,22,26). The van der Waals surface area contributed by atoms with Gasteiger partial charge in [-0.15, -0.1) is 0 Å². The van der Waals surface area contributed by atoms with Crippen molar-refractivity contribution in [2.45, 2.75) is 6.54 Å². The number of thiocarbonyl (C=S) groups is 1. The van der Waals surface area contributed by atoms with Gasteiger partial charge in [-0.05, 0) is 36.5 Å². The fraction of sp³-hybridized carbons (Fsp3) is 0.0588. The summed E-state index contributed by atoms with van der Waals surface area (Å²) in [5, 5.41) is 7.10. The summed E-state index contributed by atoms with van der Waals surface area (Å²) < 4.78 is 14.9. The lowest BCUT2D eigenvalue weighted by molar-refractivity contribution is -0.122. The normalized spacial score (nSPS) is 10.3. The van der Waals surface area contributed by atoms with Crippen molar-refractivity contribution in [2.75, 3.05) is 5.32 Å². The van der Waals surface area contributed by atoms with E-state index in [9.17, 15) is 14.0 Å². The number of benzene rings is 2. The van der Waals surface area contributed by atoms with Crippen LogP contribution in [0, 0.1) is 5.82 Å². The van der Waals surface area contributed by atoms with Gasteiger partial charge in [-0.25, -0.2) is 4.39 Å². The Labute approximate surface area is 152 Å². The van der Waals surface area contributed by atoms with Crippen molar-refractivity contribution >= 4 is 39.8 Å². The van der Waals surface area contributed by atoms with Crippen LogP contribution in [0.1, 0.15) is 0 Å². The van der Waals surface area contributed by atoms with E-state index < -0.39 is 11.7 Å². The zero-order valence-corrected chi connectivity index (χ0v) is 14.2. The van der Waals surface area contributed by atoms with Crippen LogP contribution in [-0.4, -0.2) is 20.8 Å². The summed E-state index contributed by atoms with van der Waals surface area (Å²) in [5.41, 5.74) is 5.40. The lowest BCUT2D eigenvalue weighted by Crippen LogP contribution is -2.45. The number of hydrogen-bond acceptors (Lipinski definition) is 4. The number of rotatable bonds is 3. The van der Waals surface area contributed by atoms with E-state index >= 15 is 0 Å². The molecule has 0 radical (unpaired) electrons. The molecule has 0 saturated heterocycles. The fourth-order valence-electron chi connectivity index (χ4n) is 2.31. The van der Waals surface area contributed by atoms with Crippen molar-refractivity contribution in [3.63, 3.8) is 0 Å². The average molecular weight is 371 g/mol. The average Bonchev–Trinajstić information content (AvgIpc) is 2.64. The summed E-state index contributed by atoms with van der Waals surface area (Å²) in [4.78, 5) is 23.9. The quantitative estimate of drug-likeness (QED) is 0.478. The van der Waals surface area contributed by atoms with Gasteiger partial charge in [-0.2, -0.15) is 5.10 Å². The molecule has 0 bridgehead atoms. The predicted molar refractivity (Wildman–Crippen MR) is 99.9 cm³/mol. The van der Waals surface area contributed by atoms with Crippen LogP contribution in [0.15, 0.2) is 59.5 Å². The molecule has 1 amide bonds. The maximum absolute atomic E-state index is 13.5. The zero-order chi connectivity index (χ0) is 18.5. The highest BCUT2D eigenvalue weighted by Gasteiger charge is 2.09. The van der Waals surface area contributed by atoms with Crippen LogP contribution in [0.25, 0.3) is 10.9 Å². The molecule has 0 saturated carbocycles. The van der Waals surface area contributed by atoms with Gasteiger partial charge in [0.05, 0.1) is 17.4 Å². The lowest BCUT2D eigenvalue weighted by Gasteiger charge is -2.13. The number of amides is 1. The number of hydrazine groups is 1. The Morgan fingerprint density at radius 1 is 1.12 bits per heavy atom. The smallest absolute Gasteiger partial charge is 0.260 e. The second-order valence-corrected chi connectivity index (χ2v) is 5.70. The van der Waals surface area contributed by atoms with E-state index in [0.29, 0.717) is 10.9 Å². The molecule has 7 nitrogen and oxygen atoms in total. The van der Waals surface area contributed by atoms with Crippen LogP contribution in [0.4, 0.5) is 10.1 Å². The molecule has 2 aromatic carbocycles. The molecule has 0 aliphatic rings. The second-order valence-electron chi connectivity index (χ2n) is 5.29. The first kappa shape index (κ1) is 17.5. The Kier molecular flexibility index (Phi) is 5.18. The Balaban J connectivity index is 1.61. The number of halogens is 1. The predicted octanol–water partition coefficient (Wildman–Crippen LogP) is 1.55. The molecular formula is C17H14FN5O2S. The second kappa shape index (κ2) is 7.70. The summed E-state index contributed by atoms with van der Waals surface area (Å²) >= 11 is 5.01. The Morgan fingerprint density at radius 2 is 1.85 bits per heavy atom. The van der Waals surface area contributed by atoms with Crippen molar-refractivity contribution in [3.8, 4) is 0 Å². The minimum absolute atomic E-state index is 0.0289. The van der Waals surface area contributed by atoms with Crippen LogP contribution >= 0.6 is 12.2 Å². The van der Waals surface area contributed by atoms with Crippen molar-refractivity contribution < 1.29 is 9.18 Å². The summed E-state index contributed by atoms with van der Waals surface area (Å²) in [6.07, 6.45) is 1.16. The van der Waals surface area contributed by atoms with Gasteiger partial charge in [0, 0.05) is 5.39 Å². The first-order valence-corrected chi connectivity index (χ1v) is 8.00. The number of nitrogens with one attached hydrogen (secondary N) is 3. The molecule has 0 fully saturated rings. The molecule has 3 N–H and O–H groups in total. The van der Waals surface area contributed by atoms with E-state index in [1.807, 2.05) is 0 Å². The molecule has 0 spiro atoms. The third-order valence-electron chi connectivity index (χ3n) is 3.49. The van der Waals surface area contributed by atoms with Crippen LogP contribution in [0.2, 0.25) is 0 Å². The number of hydrogen-bond donors (Lipinski definition) is 3. The topological polar surface area (TPSA) is 88.0 Å². The largest absolute Gasteiger partial charge is 0.329 e. The highest BCUT2D eigenvalue weighted by Crippen LogP contribution is 2.11. The number of anilines is 1. The molecule has 0 aliphatic carbocycles. The molecule has 132 valence electrons. The highest BCUT2D eigenvalue weighted by molar-refractivity contribution is 7.80. The van der Waals surface area contributed by atoms with E-state index in [2.05, 4.69) is 21.3 Å². The van der Waals surface area contributed by atoms with Crippen LogP contribution in [-0.2, 0) is 11.3 Å². The molecular weight excluding hydrogens is 357 g/mol. The molecule has 1 heterocycles. The van der Waals surface area contributed by atoms with E-state index in [1.54, 1.807) is 36.4 Å². The first-order valence-electron chi connectivity index (χ1n) is 7.60. The van der Waals surface area contributed by atoms with Crippen LogP contribution < -0.4 is 21.6 Å². The van der Waals surface area contributed by atoms with Gasteiger partial charge in [0.25, 0.3) is 5.91 Å². The minimum atomic E-state index is -0.466. The van der Waals surface area contributed by atoms with Crippen molar-refractivity contribution in [2.24, 2.45) is 0 Å². The number of carbonyl (C=O) groups is 1. The van der Waals surface area contributed by atoms with Gasteiger partial charge in [-0.3, -0.25) is 25.1 Å². The maximum atomic E-state index is 13.5. The fourth-order valence-corrected chi connectivity index (χ4v) is 2.47. The van der Waals surface area contributed by atoms with Crippen molar-refractivity contribution in [3.05, 3.63) is 70.8 Å². The van der Waals surface area contributed by atoms with Crippen LogP contribution in [0.3, 0.4) is 0 Å².